The number of hydrogen-bond acceptors (Lipinski definition) is 2. The number of nitrogens with one attached hydrogen (secondary N) is 2. The van der Waals surface area contributed by atoms with Crippen molar-refractivity contribution in [2.24, 2.45) is 0 Å². The van der Waals surface area contributed by atoms with E-state index in [1.54, 1.807) is 7.55 Å². The molecule has 1 aliphatic heterocycles. The molecular weight excluding hydrogens is 73.7 g/mol. The van der Waals surface area contributed by atoms with E-state index in [9.17, 15) is 0 Å². The lowest BCUT2D eigenvalue weighted by molar-refractivity contribution is 1.28. The predicted molar refractivity (Wildman–Crippen MR) is 26.9 cm³/mol. The van der Waals surface area contributed by atoms with Crippen LogP contribution < -0.4 is 10.4 Å². The van der Waals surface area contributed by atoms with Gasteiger partial charge in [-0.1, -0.05) is 5.98 Å². The molecule has 6 heavy (non-hydrogen) atoms. The van der Waals surface area contributed by atoms with Crippen LogP contribution in [-0.4, -0.2) is 15.0 Å². The first kappa shape index (κ1) is 3.81. The van der Waals surface area contributed by atoms with E-state index in [-0.39, 0.29) is 0 Å². The van der Waals surface area contributed by atoms with Crippen LogP contribution in [0.3, 0.4) is 0 Å². The van der Waals surface area contributed by atoms with Gasteiger partial charge in [0.05, 0.1) is 0 Å². The zero-order valence-corrected chi connectivity index (χ0v) is 3.31. The summed E-state index contributed by atoms with van der Waals surface area (Å²) < 4.78 is 0. The smallest absolute Gasteiger partial charge is 0.333 e. The molecule has 0 fully saturated rings. The van der Waals surface area contributed by atoms with E-state index >= 15 is 0 Å². The second-order valence-corrected chi connectivity index (χ2v) is 1.00. The van der Waals surface area contributed by atoms with Crippen LogP contribution in [0.15, 0.2) is 12.2 Å². The lowest BCUT2D eigenvalue weighted by atomic mass is 9.86. The third-order valence-electron chi connectivity index (χ3n) is 0.552. The topological polar surface area (TPSA) is 24.1 Å². The summed E-state index contributed by atoms with van der Waals surface area (Å²) in [5.41, 5.74) is 0. The Morgan fingerprint density at radius 2 is 2.50 bits per heavy atom. The fraction of sp³-hybridized carbons (Fsp3) is 0. The van der Waals surface area contributed by atoms with E-state index < -0.39 is 0 Å². The Balaban J connectivity index is 2.26. The van der Waals surface area contributed by atoms with Crippen LogP contribution in [0.5, 0.6) is 0 Å². The minimum absolute atomic E-state index is 1.75. The van der Waals surface area contributed by atoms with Gasteiger partial charge in [0, 0.05) is 0 Å². The standard InChI is InChI=1S/C2H4B2N2/c1-2-5-4-6-3-1/h1-2,5-6H. The average molecular weight is 77.7 g/mol. The normalized spacial score (nSPS) is 17.3. The molecule has 0 bridgehead atoms. The monoisotopic (exact) mass is 78.1 g/mol. The fourth-order valence-corrected chi connectivity index (χ4v) is 0.304. The van der Waals surface area contributed by atoms with Crippen LogP contribution in [0.4, 0.5) is 0 Å². The molecule has 4 heteroatoms. The molecule has 0 saturated heterocycles. The minimum Gasteiger partial charge on any atom is -0.425 e. The molecule has 0 aromatic heterocycles. The summed E-state index contributed by atoms with van der Waals surface area (Å²) in [5, 5.41) is 5.67. The summed E-state index contributed by atoms with van der Waals surface area (Å²) >= 11 is 0. The van der Waals surface area contributed by atoms with Gasteiger partial charge in [0.2, 0.25) is 7.41 Å². The van der Waals surface area contributed by atoms with Crippen molar-refractivity contribution in [3.05, 3.63) is 12.2 Å². The first-order valence-corrected chi connectivity index (χ1v) is 1.82. The second kappa shape index (κ2) is 1.92. The average Bonchev–Trinajstić information content (AvgIpc) is 1.72. The summed E-state index contributed by atoms with van der Waals surface area (Å²) in [4.78, 5) is 0. The van der Waals surface area contributed by atoms with Crippen molar-refractivity contribution < 1.29 is 0 Å². The van der Waals surface area contributed by atoms with Crippen molar-refractivity contribution in [2.75, 3.05) is 0 Å². The van der Waals surface area contributed by atoms with Crippen LogP contribution in [0.2, 0.25) is 0 Å². The van der Waals surface area contributed by atoms with E-state index in [0.29, 0.717) is 0 Å². The van der Waals surface area contributed by atoms with Crippen LogP contribution in [-0.2, 0) is 0 Å². The minimum atomic E-state index is 1.75. The highest BCUT2D eigenvalue weighted by molar-refractivity contribution is 6.54. The fourth-order valence-electron chi connectivity index (χ4n) is 0.304. The first-order valence-electron chi connectivity index (χ1n) is 1.82. The Bertz CT molecular complexity index is 54.6. The summed E-state index contributed by atoms with van der Waals surface area (Å²) in [7, 11) is 3.59. The van der Waals surface area contributed by atoms with Crippen LogP contribution in [0.25, 0.3) is 0 Å². The van der Waals surface area contributed by atoms with Gasteiger partial charge in [0.1, 0.15) is 0 Å². The van der Waals surface area contributed by atoms with Crippen molar-refractivity contribution in [1.29, 1.82) is 0 Å². The molecule has 2 N–H and O–H groups in total. The first-order chi connectivity index (χ1) is 3.00. The molecule has 0 amide bonds. The van der Waals surface area contributed by atoms with Gasteiger partial charge in [-0.25, -0.2) is 0 Å². The molecule has 0 unspecified atom stereocenters. The number of rotatable bonds is 0. The molecule has 0 aromatic carbocycles. The maximum absolute atomic E-state index is 2.84. The lowest BCUT2D eigenvalue weighted by Crippen LogP contribution is -2.35. The Kier molecular flexibility index (Phi) is 1.22. The third kappa shape index (κ3) is 0.792. The zero-order chi connectivity index (χ0) is 4.24. The van der Waals surface area contributed by atoms with Crippen molar-refractivity contribution in [1.82, 2.24) is 10.4 Å². The lowest BCUT2D eigenvalue weighted by Gasteiger charge is -2.00. The van der Waals surface area contributed by atoms with Gasteiger partial charge in [0.15, 0.2) is 0 Å². The molecule has 0 saturated carbocycles. The molecule has 2 nitrogen and oxygen atoms in total. The largest absolute Gasteiger partial charge is 0.425 e. The molecule has 0 spiro atoms. The van der Waals surface area contributed by atoms with E-state index in [2.05, 4.69) is 10.4 Å². The molecule has 28 valence electrons. The van der Waals surface area contributed by atoms with Crippen LogP contribution in [0.1, 0.15) is 0 Å². The van der Waals surface area contributed by atoms with Crippen LogP contribution in [0, 0.1) is 0 Å². The highest BCUT2D eigenvalue weighted by atomic mass is 14.9. The molecule has 0 aliphatic carbocycles. The van der Waals surface area contributed by atoms with Gasteiger partial charge in [-0.15, -0.1) is 0 Å². The molecular formula is C2H4B2N2. The maximum atomic E-state index is 2.84. The van der Waals surface area contributed by atoms with Gasteiger partial charge in [0.25, 0.3) is 0 Å². The molecule has 2 radical (unpaired) electrons. The number of hydrogen-bond donors (Lipinski definition) is 2. The van der Waals surface area contributed by atoms with Crippen molar-refractivity contribution in [3.8, 4) is 0 Å². The van der Waals surface area contributed by atoms with Gasteiger partial charge in [-0.2, -0.15) is 0 Å². The van der Waals surface area contributed by atoms with Gasteiger partial charge >= 0.3 is 7.55 Å². The Hall–Kier alpha value is -0.370. The Morgan fingerprint density at radius 3 is 2.67 bits per heavy atom. The SMILES string of the molecule is [B]1C=CN[B]N1. The second-order valence-electron chi connectivity index (χ2n) is 1.00. The summed E-state index contributed by atoms with van der Waals surface area (Å²) in [6.45, 7) is 0. The summed E-state index contributed by atoms with van der Waals surface area (Å²) in [5.74, 6) is 1.89. The predicted octanol–water partition coefficient (Wildman–Crippen LogP) is -1.20. The van der Waals surface area contributed by atoms with Crippen molar-refractivity contribution in [2.45, 2.75) is 0 Å². The maximum Gasteiger partial charge on any atom is 0.333 e. The molecule has 1 rings (SSSR count). The van der Waals surface area contributed by atoms with Crippen molar-refractivity contribution in [3.63, 3.8) is 0 Å². The molecule has 0 atom stereocenters. The zero-order valence-electron chi connectivity index (χ0n) is 3.31. The molecule has 0 aromatic rings. The quantitative estimate of drug-likeness (QED) is 0.355. The van der Waals surface area contributed by atoms with Gasteiger partial charge < -0.3 is 10.4 Å². The van der Waals surface area contributed by atoms with E-state index in [0.717, 1.165) is 0 Å². The van der Waals surface area contributed by atoms with Gasteiger partial charge in [-0.05, 0) is 6.20 Å². The van der Waals surface area contributed by atoms with Crippen LogP contribution >= 0.6 is 0 Å². The summed E-state index contributed by atoms with van der Waals surface area (Å²) in [6.07, 6.45) is 1.84. The molecule has 1 heterocycles. The highest BCUT2D eigenvalue weighted by Crippen LogP contribution is 1.63. The Labute approximate surface area is 38.6 Å². The summed E-state index contributed by atoms with van der Waals surface area (Å²) in [6, 6.07) is 0. The van der Waals surface area contributed by atoms with E-state index in [1.165, 1.54) is 0 Å². The Morgan fingerprint density at radius 1 is 1.50 bits per heavy atom. The van der Waals surface area contributed by atoms with E-state index in [4.69, 9.17) is 0 Å². The van der Waals surface area contributed by atoms with Gasteiger partial charge in [-0.3, -0.25) is 0 Å². The highest BCUT2D eigenvalue weighted by Gasteiger charge is 1.89. The third-order valence-corrected chi connectivity index (χ3v) is 0.552. The molecule has 1 aliphatic rings. The van der Waals surface area contributed by atoms with Crippen molar-refractivity contribution >= 4 is 15.0 Å². The van der Waals surface area contributed by atoms with E-state index in [1.807, 2.05) is 19.6 Å².